The summed E-state index contributed by atoms with van der Waals surface area (Å²) in [5, 5.41) is 12.3. The minimum atomic E-state index is -0.0340. The second-order valence-corrected chi connectivity index (χ2v) is 6.04. The van der Waals surface area contributed by atoms with E-state index in [0.29, 0.717) is 11.6 Å². The second kappa shape index (κ2) is 6.68. The molecule has 0 aliphatic rings. The predicted octanol–water partition coefficient (Wildman–Crippen LogP) is 3.64. The van der Waals surface area contributed by atoms with E-state index in [1.54, 1.807) is 25.3 Å². The summed E-state index contributed by atoms with van der Waals surface area (Å²) >= 11 is 1.43. The Kier molecular flexibility index (Phi) is 4.45. The van der Waals surface area contributed by atoms with E-state index in [9.17, 15) is 9.90 Å². The first-order valence-corrected chi connectivity index (χ1v) is 7.88. The number of hydrogen-bond donors (Lipinski definition) is 2. The van der Waals surface area contributed by atoms with E-state index >= 15 is 0 Å². The molecule has 0 saturated carbocycles. The lowest BCUT2D eigenvalue weighted by Gasteiger charge is -2.07. The lowest BCUT2D eigenvalue weighted by Crippen LogP contribution is -1.97. The van der Waals surface area contributed by atoms with E-state index in [2.05, 4.69) is 15.3 Å². The molecule has 0 spiro atoms. The van der Waals surface area contributed by atoms with Crippen molar-refractivity contribution in [2.24, 2.45) is 0 Å². The van der Waals surface area contributed by atoms with Crippen LogP contribution in [0.15, 0.2) is 48.7 Å². The van der Waals surface area contributed by atoms with Gasteiger partial charge in [0.15, 0.2) is 5.78 Å². The third-order valence-corrected chi connectivity index (χ3v) is 4.43. The molecule has 0 unspecified atom stereocenters. The van der Waals surface area contributed by atoms with Gasteiger partial charge in [0.2, 0.25) is 0 Å². The standard InChI is InChI=1S/C17H15N3O2S/c1-11(22)14-5-6-15(23-14)13-3-2-4-16(19-13)20-17-9-12(10-21)7-8-18-17/h2-9,21H,10H2,1H3,(H,18,19,20). The zero-order valence-corrected chi connectivity index (χ0v) is 13.3. The fourth-order valence-corrected chi connectivity index (χ4v) is 2.95. The maximum absolute atomic E-state index is 11.4. The maximum atomic E-state index is 11.4. The number of nitrogens with zero attached hydrogens (tertiary/aromatic N) is 2. The Hall–Kier alpha value is -2.57. The summed E-state index contributed by atoms with van der Waals surface area (Å²) in [6.45, 7) is 1.52. The summed E-state index contributed by atoms with van der Waals surface area (Å²) in [5.41, 5.74) is 1.58. The summed E-state index contributed by atoms with van der Waals surface area (Å²) in [5.74, 6) is 1.33. The van der Waals surface area contributed by atoms with E-state index in [0.717, 1.165) is 21.0 Å². The van der Waals surface area contributed by atoms with Crippen LogP contribution in [0.25, 0.3) is 10.6 Å². The van der Waals surface area contributed by atoms with Crippen molar-refractivity contribution in [3.05, 3.63) is 59.1 Å². The SMILES string of the molecule is CC(=O)c1ccc(-c2cccc(Nc3cc(CO)ccn3)n2)s1. The number of thiophene rings is 1. The summed E-state index contributed by atoms with van der Waals surface area (Å²) < 4.78 is 0. The number of hydrogen-bond acceptors (Lipinski definition) is 6. The minimum absolute atomic E-state index is 0.0340. The van der Waals surface area contributed by atoms with Gasteiger partial charge in [-0.05, 0) is 48.9 Å². The zero-order valence-electron chi connectivity index (χ0n) is 12.5. The fourth-order valence-electron chi connectivity index (χ4n) is 2.08. The van der Waals surface area contributed by atoms with Gasteiger partial charge in [0, 0.05) is 6.20 Å². The van der Waals surface area contributed by atoms with Crippen LogP contribution in [-0.4, -0.2) is 20.9 Å². The van der Waals surface area contributed by atoms with Crippen LogP contribution in [0.4, 0.5) is 11.6 Å². The van der Waals surface area contributed by atoms with Gasteiger partial charge in [0.05, 0.1) is 22.1 Å². The summed E-state index contributed by atoms with van der Waals surface area (Å²) in [6, 6.07) is 12.9. The molecule has 0 bridgehead atoms. The van der Waals surface area contributed by atoms with Crippen molar-refractivity contribution in [3.63, 3.8) is 0 Å². The lowest BCUT2D eigenvalue weighted by molar-refractivity contribution is 0.102. The number of carbonyl (C=O) groups excluding carboxylic acids is 1. The first kappa shape index (κ1) is 15.3. The van der Waals surface area contributed by atoms with Crippen molar-refractivity contribution < 1.29 is 9.90 Å². The number of ketones is 1. The Labute approximate surface area is 137 Å². The maximum Gasteiger partial charge on any atom is 0.169 e. The molecule has 3 heterocycles. The Morgan fingerprint density at radius 2 is 2.09 bits per heavy atom. The number of rotatable bonds is 5. The van der Waals surface area contributed by atoms with Gasteiger partial charge < -0.3 is 10.4 Å². The minimum Gasteiger partial charge on any atom is -0.392 e. The second-order valence-electron chi connectivity index (χ2n) is 4.96. The number of aliphatic hydroxyl groups is 1. The zero-order chi connectivity index (χ0) is 16.2. The van der Waals surface area contributed by atoms with Crippen LogP contribution in [0, 0.1) is 0 Å². The Morgan fingerprint density at radius 3 is 2.83 bits per heavy atom. The Morgan fingerprint density at radius 1 is 1.22 bits per heavy atom. The molecule has 0 fully saturated rings. The first-order valence-electron chi connectivity index (χ1n) is 7.07. The van der Waals surface area contributed by atoms with Crippen LogP contribution in [0.3, 0.4) is 0 Å². The number of nitrogens with one attached hydrogen (secondary N) is 1. The number of aromatic nitrogens is 2. The van der Waals surface area contributed by atoms with Crippen LogP contribution < -0.4 is 5.32 Å². The molecule has 0 amide bonds. The molecular formula is C17H15N3O2S. The molecule has 2 N–H and O–H groups in total. The normalized spacial score (nSPS) is 10.5. The van der Waals surface area contributed by atoms with Gasteiger partial charge in [0.1, 0.15) is 11.6 Å². The molecule has 5 nitrogen and oxygen atoms in total. The largest absolute Gasteiger partial charge is 0.392 e. The third kappa shape index (κ3) is 3.61. The van der Waals surface area contributed by atoms with Crippen molar-refractivity contribution in [1.82, 2.24) is 9.97 Å². The molecule has 0 aliphatic carbocycles. The summed E-state index contributed by atoms with van der Waals surface area (Å²) in [4.78, 5) is 21.8. The van der Waals surface area contributed by atoms with Crippen LogP contribution in [0.2, 0.25) is 0 Å². The number of carbonyl (C=O) groups is 1. The summed E-state index contributed by atoms with van der Waals surface area (Å²) in [7, 11) is 0. The molecule has 3 aromatic heterocycles. The highest BCUT2D eigenvalue weighted by Crippen LogP contribution is 2.28. The van der Waals surface area contributed by atoms with Crippen LogP contribution in [0.5, 0.6) is 0 Å². The molecule has 3 aromatic rings. The molecule has 3 rings (SSSR count). The lowest BCUT2D eigenvalue weighted by atomic mass is 10.2. The molecule has 0 saturated heterocycles. The number of anilines is 2. The van der Waals surface area contributed by atoms with Gasteiger partial charge >= 0.3 is 0 Å². The van der Waals surface area contributed by atoms with Crippen molar-refractivity contribution in [2.75, 3.05) is 5.32 Å². The van der Waals surface area contributed by atoms with Crippen LogP contribution in [0.1, 0.15) is 22.2 Å². The number of aliphatic hydroxyl groups excluding tert-OH is 1. The first-order chi connectivity index (χ1) is 11.2. The molecular weight excluding hydrogens is 310 g/mol. The third-order valence-electron chi connectivity index (χ3n) is 3.22. The average Bonchev–Trinajstić information content (AvgIpc) is 3.06. The van der Waals surface area contributed by atoms with Gasteiger partial charge in [-0.2, -0.15) is 0 Å². The molecule has 0 radical (unpaired) electrons. The van der Waals surface area contributed by atoms with E-state index in [4.69, 9.17) is 0 Å². The van der Waals surface area contributed by atoms with Gasteiger partial charge in [-0.15, -0.1) is 11.3 Å². The molecule has 6 heteroatoms. The topological polar surface area (TPSA) is 75.1 Å². The van der Waals surface area contributed by atoms with E-state index in [1.165, 1.54) is 11.3 Å². The van der Waals surface area contributed by atoms with Gasteiger partial charge in [-0.25, -0.2) is 9.97 Å². The van der Waals surface area contributed by atoms with Crippen molar-refractivity contribution in [2.45, 2.75) is 13.5 Å². The smallest absolute Gasteiger partial charge is 0.169 e. The molecule has 0 atom stereocenters. The van der Waals surface area contributed by atoms with E-state index in [-0.39, 0.29) is 12.4 Å². The van der Waals surface area contributed by atoms with E-state index < -0.39 is 0 Å². The fraction of sp³-hybridized carbons (Fsp3) is 0.118. The Balaban J connectivity index is 1.85. The highest BCUT2D eigenvalue weighted by atomic mass is 32.1. The van der Waals surface area contributed by atoms with E-state index in [1.807, 2.05) is 30.3 Å². The van der Waals surface area contributed by atoms with Crippen molar-refractivity contribution in [3.8, 4) is 10.6 Å². The quantitative estimate of drug-likeness (QED) is 0.700. The van der Waals surface area contributed by atoms with Gasteiger partial charge in [-0.1, -0.05) is 6.07 Å². The highest BCUT2D eigenvalue weighted by molar-refractivity contribution is 7.17. The molecule has 0 aliphatic heterocycles. The van der Waals surface area contributed by atoms with Crippen molar-refractivity contribution >= 4 is 28.8 Å². The Bertz CT molecular complexity index is 845. The monoisotopic (exact) mass is 325 g/mol. The highest BCUT2D eigenvalue weighted by Gasteiger charge is 2.08. The molecule has 0 aromatic carbocycles. The summed E-state index contributed by atoms with van der Waals surface area (Å²) in [6.07, 6.45) is 1.64. The number of pyridine rings is 2. The molecule has 116 valence electrons. The molecule has 23 heavy (non-hydrogen) atoms. The van der Waals surface area contributed by atoms with Crippen molar-refractivity contribution in [1.29, 1.82) is 0 Å². The predicted molar refractivity (Wildman–Crippen MR) is 91.0 cm³/mol. The van der Waals surface area contributed by atoms with Crippen LogP contribution in [-0.2, 0) is 6.61 Å². The van der Waals surface area contributed by atoms with Crippen LogP contribution >= 0.6 is 11.3 Å². The average molecular weight is 325 g/mol. The van der Waals surface area contributed by atoms with Gasteiger partial charge in [0.25, 0.3) is 0 Å². The van der Waals surface area contributed by atoms with Gasteiger partial charge in [-0.3, -0.25) is 4.79 Å². The number of Topliss-reactive ketones (excluding diaryl/α,β-unsaturated/α-hetero) is 1.